The van der Waals surface area contributed by atoms with Crippen LogP contribution >= 0.6 is 0 Å². The summed E-state index contributed by atoms with van der Waals surface area (Å²) in [5.41, 5.74) is 7.58. The van der Waals surface area contributed by atoms with Crippen molar-refractivity contribution in [2.75, 3.05) is 13.2 Å². The summed E-state index contributed by atoms with van der Waals surface area (Å²) in [6.07, 6.45) is 10.2. The summed E-state index contributed by atoms with van der Waals surface area (Å²) in [7, 11) is 0. The van der Waals surface area contributed by atoms with Gasteiger partial charge < -0.3 is 15.2 Å². The molecule has 3 aliphatic rings. The molecule has 0 amide bonds. The summed E-state index contributed by atoms with van der Waals surface area (Å²) in [4.78, 5) is 0. The van der Waals surface area contributed by atoms with Crippen molar-refractivity contribution < 1.29 is 9.47 Å². The molecule has 3 unspecified atom stereocenters. The predicted octanol–water partition coefficient (Wildman–Crippen LogP) is 1.15. The molecular weight excluding hydrogens is 190 g/mol. The number of allylic oxidation sites excluding steroid dienone is 2. The normalized spacial score (nSPS) is 42.6. The summed E-state index contributed by atoms with van der Waals surface area (Å²) in [5, 5.41) is 0. The van der Waals surface area contributed by atoms with E-state index in [1.807, 2.05) is 0 Å². The molecule has 82 valence electrons. The van der Waals surface area contributed by atoms with Crippen molar-refractivity contribution >= 4 is 0 Å². The second kappa shape index (κ2) is 3.44. The fourth-order valence-electron chi connectivity index (χ4n) is 2.28. The molecular formula is C12H17NO2. The van der Waals surface area contributed by atoms with Crippen LogP contribution in [-0.2, 0) is 9.47 Å². The molecule has 2 fully saturated rings. The van der Waals surface area contributed by atoms with E-state index in [-0.39, 0.29) is 5.54 Å². The van der Waals surface area contributed by atoms with Gasteiger partial charge in [0.2, 0.25) is 0 Å². The average Bonchev–Trinajstić information content (AvgIpc) is 3.00. The van der Waals surface area contributed by atoms with Gasteiger partial charge in [0.25, 0.3) is 0 Å². The number of ether oxygens (including phenoxy) is 2. The van der Waals surface area contributed by atoms with Gasteiger partial charge in [-0.15, -0.1) is 0 Å². The van der Waals surface area contributed by atoms with Gasteiger partial charge in [0.05, 0.1) is 25.4 Å². The van der Waals surface area contributed by atoms with E-state index in [0.717, 1.165) is 32.5 Å². The van der Waals surface area contributed by atoms with Gasteiger partial charge in [-0.05, 0) is 19.3 Å². The minimum absolute atomic E-state index is 0.180. The third-order valence-corrected chi connectivity index (χ3v) is 3.22. The molecule has 2 N–H and O–H groups in total. The Morgan fingerprint density at radius 3 is 2.73 bits per heavy atom. The SMILES string of the molecule is NC1(CC2CO2)C=CC=C(CC2CO2)C1. The summed E-state index contributed by atoms with van der Waals surface area (Å²) in [5.74, 6) is 0. The Labute approximate surface area is 89.9 Å². The molecule has 0 aromatic carbocycles. The minimum Gasteiger partial charge on any atom is -0.373 e. The quantitative estimate of drug-likeness (QED) is 0.703. The highest BCUT2D eigenvalue weighted by atomic mass is 16.6. The summed E-state index contributed by atoms with van der Waals surface area (Å²) >= 11 is 0. The van der Waals surface area contributed by atoms with Crippen LogP contribution in [0.3, 0.4) is 0 Å². The third kappa shape index (κ3) is 2.48. The molecule has 0 saturated carbocycles. The molecule has 3 heteroatoms. The topological polar surface area (TPSA) is 51.1 Å². The molecule has 3 rings (SSSR count). The maximum Gasteiger partial charge on any atom is 0.0847 e. The molecule has 0 radical (unpaired) electrons. The Bertz CT molecular complexity index is 316. The van der Waals surface area contributed by atoms with Crippen LogP contribution in [0.2, 0.25) is 0 Å². The molecule has 1 aliphatic carbocycles. The van der Waals surface area contributed by atoms with E-state index in [1.54, 1.807) is 0 Å². The van der Waals surface area contributed by atoms with E-state index in [2.05, 4.69) is 18.2 Å². The van der Waals surface area contributed by atoms with E-state index in [4.69, 9.17) is 15.2 Å². The van der Waals surface area contributed by atoms with Crippen molar-refractivity contribution in [3.63, 3.8) is 0 Å². The van der Waals surface area contributed by atoms with Gasteiger partial charge in [0.15, 0.2) is 0 Å². The van der Waals surface area contributed by atoms with Crippen molar-refractivity contribution in [3.8, 4) is 0 Å². The van der Waals surface area contributed by atoms with Crippen LogP contribution in [0.1, 0.15) is 19.3 Å². The maximum absolute atomic E-state index is 6.34. The highest BCUT2D eigenvalue weighted by Gasteiger charge is 2.35. The van der Waals surface area contributed by atoms with Crippen LogP contribution in [-0.4, -0.2) is 31.0 Å². The average molecular weight is 207 g/mol. The zero-order chi connectivity index (χ0) is 10.3. The van der Waals surface area contributed by atoms with Gasteiger partial charge in [-0.1, -0.05) is 23.8 Å². The maximum atomic E-state index is 6.34. The molecule has 0 aromatic heterocycles. The Morgan fingerprint density at radius 1 is 1.33 bits per heavy atom. The first-order valence-corrected chi connectivity index (χ1v) is 5.63. The highest BCUT2D eigenvalue weighted by molar-refractivity contribution is 5.28. The fourth-order valence-corrected chi connectivity index (χ4v) is 2.28. The Hall–Kier alpha value is -0.640. The summed E-state index contributed by atoms with van der Waals surface area (Å²) in [6, 6.07) is 0. The lowest BCUT2D eigenvalue weighted by molar-refractivity contribution is 0.344. The molecule has 0 spiro atoms. The number of rotatable bonds is 4. The van der Waals surface area contributed by atoms with Gasteiger partial charge in [-0.2, -0.15) is 0 Å². The Morgan fingerprint density at radius 2 is 2.07 bits per heavy atom. The number of hydrogen-bond donors (Lipinski definition) is 1. The lowest BCUT2D eigenvalue weighted by Crippen LogP contribution is -2.40. The van der Waals surface area contributed by atoms with Crippen LogP contribution in [0.5, 0.6) is 0 Å². The number of hydrogen-bond acceptors (Lipinski definition) is 3. The molecule has 2 aliphatic heterocycles. The lowest BCUT2D eigenvalue weighted by Gasteiger charge is -2.29. The lowest BCUT2D eigenvalue weighted by atomic mass is 9.82. The highest BCUT2D eigenvalue weighted by Crippen LogP contribution is 2.33. The second-order valence-electron chi connectivity index (χ2n) is 4.91. The largest absolute Gasteiger partial charge is 0.373 e. The zero-order valence-electron chi connectivity index (χ0n) is 8.82. The number of epoxide rings is 2. The first-order chi connectivity index (χ1) is 7.23. The smallest absolute Gasteiger partial charge is 0.0847 e. The molecule has 3 atom stereocenters. The van der Waals surface area contributed by atoms with Gasteiger partial charge in [0.1, 0.15) is 0 Å². The van der Waals surface area contributed by atoms with Crippen molar-refractivity contribution in [1.82, 2.24) is 0 Å². The Kier molecular flexibility index (Phi) is 2.20. The first kappa shape index (κ1) is 9.58. The van der Waals surface area contributed by atoms with E-state index < -0.39 is 0 Å². The van der Waals surface area contributed by atoms with Crippen molar-refractivity contribution in [2.45, 2.75) is 37.0 Å². The summed E-state index contributed by atoms with van der Waals surface area (Å²) in [6.45, 7) is 1.81. The van der Waals surface area contributed by atoms with Crippen molar-refractivity contribution in [3.05, 3.63) is 23.8 Å². The minimum atomic E-state index is -0.180. The summed E-state index contributed by atoms with van der Waals surface area (Å²) < 4.78 is 10.5. The van der Waals surface area contributed by atoms with Gasteiger partial charge in [-0.3, -0.25) is 0 Å². The monoisotopic (exact) mass is 207 g/mol. The van der Waals surface area contributed by atoms with Gasteiger partial charge >= 0.3 is 0 Å². The van der Waals surface area contributed by atoms with E-state index in [0.29, 0.717) is 12.2 Å². The molecule has 0 aromatic rings. The zero-order valence-corrected chi connectivity index (χ0v) is 8.82. The van der Waals surface area contributed by atoms with E-state index in [1.165, 1.54) is 5.57 Å². The fraction of sp³-hybridized carbons (Fsp3) is 0.667. The third-order valence-electron chi connectivity index (χ3n) is 3.22. The van der Waals surface area contributed by atoms with E-state index in [9.17, 15) is 0 Å². The van der Waals surface area contributed by atoms with Crippen LogP contribution in [0.4, 0.5) is 0 Å². The molecule has 0 bridgehead atoms. The van der Waals surface area contributed by atoms with Crippen LogP contribution < -0.4 is 5.73 Å². The molecule has 2 saturated heterocycles. The molecule has 2 heterocycles. The second-order valence-corrected chi connectivity index (χ2v) is 4.91. The van der Waals surface area contributed by atoms with Gasteiger partial charge in [-0.25, -0.2) is 0 Å². The number of nitrogens with two attached hydrogens (primary N) is 1. The Balaban J connectivity index is 1.61. The van der Waals surface area contributed by atoms with Crippen molar-refractivity contribution in [1.29, 1.82) is 0 Å². The molecule has 3 nitrogen and oxygen atoms in total. The first-order valence-electron chi connectivity index (χ1n) is 5.63. The molecule has 15 heavy (non-hydrogen) atoms. The van der Waals surface area contributed by atoms with Crippen LogP contribution in [0.15, 0.2) is 23.8 Å². The van der Waals surface area contributed by atoms with Gasteiger partial charge in [0, 0.05) is 5.54 Å². The van der Waals surface area contributed by atoms with Crippen LogP contribution in [0, 0.1) is 0 Å². The van der Waals surface area contributed by atoms with Crippen molar-refractivity contribution in [2.24, 2.45) is 5.73 Å². The standard InChI is InChI=1S/C12H17NO2/c13-12(6-11-8-15-11)3-1-2-9(5-12)4-10-7-14-10/h1-3,10-11H,4-8,13H2. The predicted molar refractivity (Wildman–Crippen MR) is 57.5 cm³/mol. The van der Waals surface area contributed by atoms with E-state index >= 15 is 0 Å². The van der Waals surface area contributed by atoms with Crippen LogP contribution in [0.25, 0.3) is 0 Å².